The summed E-state index contributed by atoms with van der Waals surface area (Å²) in [5.41, 5.74) is 3.19. The van der Waals surface area contributed by atoms with Crippen LogP contribution < -0.4 is 4.74 Å². The normalized spacial score (nSPS) is 14.6. The van der Waals surface area contributed by atoms with E-state index in [9.17, 15) is 4.79 Å². The molecule has 1 aliphatic heterocycles. The van der Waals surface area contributed by atoms with E-state index in [1.54, 1.807) is 18.4 Å². The zero-order chi connectivity index (χ0) is 23.2. The number of methoxy groups -OCH3 is 1. The molecule has 0 radical (unpaired) electrons. The Hall–Kier alpha value is -2.35. The van der Waals surface area contributed by atoms with Crippen LogP contribution in [0.3, 0.4) is 0 Å². The van der Waals surface area contributed by atoms with E-state index in [1.165, 1.54) is 4.90 Å². The molecule has 1 aliphatic rings. The van der Waals surface area contributed by atoms with Gasteiger partial charge in [0.05, 0.1) is 25.8 Å². The first kappa shape index (κ1) is 23.8. The van der Waals surface area contributed by atoms with Crippen molar-refractivity contribution >= 4 is 29.0 Å². The Morgan fingerprint density at radius 1 is 1.06 bits per heavy atom. The number of carbonyl (C=O) groups is 1. The van der Waals surface area contributed by atoms with Gasteiger partial charge in [0.15, 0.2) is 0 Å². The fourth-order valence-corrected chi connectivity index (χ4v) is 5.55. The van der Waals surface area contributed by atoms with Gasteiger partial charge in [0.1, 0.15) is 10.8 Å². The second-order valence-corrected chi connectivity index (χ2v) is 11.1. The summed E-state index contributed by atoms with van der Waals surface area (Å²) in [4.78, 5) is 23.2. The summed E-state index contributed by atoms with van der Waals surface area (Å²) in [7, 11) is 1.67. The molecule has 0 N–H and O–H groups in total. The number of rotatable bonds is 8. The number of thioether (sulfide) groups is 1. The van der Waals surface area contributed by atoms with Crippen LogP contribution in [0.25, 0.3) is 11.3 Å². The molecule has 2 heterocycles. The van der Waals surface area contributed by atoms with Crippen molar-refractivity contribution in [1.82, 2.24) is 14.8 Å². The van der Waals surface area contributed by atoms with Crippen LogP contribution in [0.5, 0.6) is 5.75 Å². The summed E-state index contributed by atoms with van der Waals surface area (Å²) in [6, 6.07) is 16.4. The molecule has 0 bridgehead atoms. The standard InChI is InChI=1S/C26H31N3O2S2/c1-19(2)33-23-10-4-20(5-11-23)16-26(30)29-14-12-28(13-15-29)17-25-27-24(18-32-25)21-6-8-22(31-3)9-7-21/h4-11,18-19H,12-17H2,1-3H3. The SMILES string of the molecule is COc1ccc(-c2csc(CN3CCN(C(=O)Cc4ccc(SC(C)C)cc4)CC3)n2)cc1. The maximum Gasteiger partial charge on any atom is 0.227 e. The number of benzene rings is 2. The van der Waals surface area contributed by atoms with Crippen molar-refractivity contribution in [3.8, 4) is 17.0 Å². The van der Waals surface area contributed by atoms with Gasteiger partial charge in [-0.15, -0.1) is 23.1 Å². The van der Waals surface area contributed by atoms with Gasteiger partial charge in [-0.05, 0) is 42.0 Å². The van der Waals surface area contributed by atoms with Crippen LogP contribution in [0.15, 0.2) is 58.8 Å². The first-order chi connectivity index (χ1) is 16.0. The second-order valence-electron chi connectivity index (χ2n) is 8.50. The minimum Gasteiger partial charge on any atom is -0.497 e. The van der Waals surface area contributed by atoms with Gasteiger partial charge in [-0.25, -0.2) is 4.98 Å². The number of nitrogens with zero attached hydrogens (tertiary/aromatic N) is 3. The number of aromatic nitrogens is 1. The van der Waals surface area contributed by atoms with Crippen molar-refractivity contribution in [2.75, 3.05) is 33.3 Å². The molecule has 1 saturated heterocycles. The highest BCUT2D eigenvalue weighted by Crippen LogP contribution is 2.25. The highest BCUT2D eigenvalue weighted by Gasteiger charge is 2.22. The lowest BCUT2D eigenvalue weighted by Crippen LogP contribution is -2.48. The molecule has 5 nitrogen and oxygen atoms in total. The van der Waals surface area contributed by atoms with Gasteiger partial charge in [-0.1, -0.05) is 26.0 Å². The van der Waals surface area contributed by atoms with E-state index < -0.39 is 0 Å². The van der Waals surface area contributed by atoms with Crippen LogP contribution in [0.4, 0.5) is 0 Å². The van der Waals surface area contributed by atoms with E-state index in [1.807, 2.05) is 40.9 Å². The quantitative estimate of drug-likeness (QED) is 0.414. The molecule has 0 aliphatic carbocycles. The molecule has 1 aromatic heterocycles. The summed E-state index contributed by atoms with van der Waals surface area (Å²) in [6.45, 7) is 8.53. The van der Waals surface area contributed by atoms with Crippen molar-refractivity contribution in [3.63, 3.8) is 0 Å². The summed E-state index contributed by atoms with van der Waals surface area (Å²) in [5, 5.41) is 3.79. The van der Waals surface area contributed by atoms with Crippen molar-refractivity contribution in [1.29, 1.82) is 0 Å². The topological polar surface area (TPSA) is 45.7 Å². The lowest BCUT2D eigenvalue weighted by Gasteiger charge is -2.34. The van der Waals surface area contributed by atoms with Crippen molar-refractivity contribution in [2.45, 2.75) is 37.0 Å². The number of hydrogen-bond donors (Lipinski definition) is 0. The van der Waals surface area contributed by atoms with Crippen molar-refractivity contribution in [3.05, 3.63) is 64.5 Å². The third-order valence-corrected chi connectivity index (χ3v) is 7.52. The molecule has 2 aromatic carbocycles. The predicted molar refractivity (Wildman–Crippen MR) is 137 cm³/mol. The molecule has 0 saturated carbocycles. The molecule has 4 rings (SSSR count). The van der Waals surface area contributed by atoms with E-state index in [0.29, 0.717) is 11.7 Å². The van der Waals surface area contributed by atoms with Crippen LogP contribution in [-0.4, -0.2) is 59.2 Å². The molecule has 0 unspecified atom stereocenters. The van der Waals surface area contributed by atoms with Gasteiger partial charge in [-0.3, -0.25) is 9.69 Å². The minimum atomic E-state index is 0.218. The van der Waals surface area contributed by atoms with Crippen LogP contribution in [0.1, 0.15) is 24.4 Å². The fraction of sp³-hybridized carbons (Fsp3) is 0.385. The van der Waals surface area contributed by atoms with Crippen LogP contribution in [0.2, 0.25) is 0 Å². The largest absolute Gasteiger partial charge is 0.497 e. The molecule has 1 amide bonds. The number of ether oxygens (including phenoxy) is 1. The van der Waals surface area contributed by atoms with Gasteiger partial charge in [0.2, 0.25) is 5.91 Å². The van der Waals surface area contributed by atoms with E-state index in [2.05, 4.69) is 48.4 Å². The number of carbonyl (C=O) groups excluding carboxylic acids is 1. The average Bonchev–Trinajstić information content (AvgIpc) is 3.29. The summed E-state index contributed by atoms with van der Waals surface area (Å²) in [6.07, 6.45) is 0.477. The zero-order valence-corrected chi connectivity index (χ0v) is 21.1. The van der Waals surface area contributed by atoms with Gasteiger partial charge >= 0.3 is 0 Å². The first-order valence-corrected chi connectivity index (χ1v) is 13.1. The summed E-state index contributed by atoms with van der Waals surface area (Å²) >= 11 is 3.54. The van der Waals surface area contributed by atoms with Crippen molar-refractivity contribution in [2.24, 2.45) is 0 Å². The number of piperazine rings is 1. The lowest BCUT2D eigenvalue weighted by molar-refractivity contribution is -0.132. The molecule has 1 fully saturated rings. The monoisotopic (exact) mass is 481 g/mol. The number of thiazole rings is 1. The Morgan fingerprint density at radius 3 is 2.39 bits per heavy atom. The summed E-state index contributed by atoms with van der Waals surface area (Å²) < 4.78 is 5.23. The molecular formula is C26H31N3O2S2. The lowest BCUT2D eigenvalue weighted by atomic mass is 10.1. The van der Waals surface area contributed by atoms with Gasteiger partial charge in [0.25, 0.3) is 0 Å². The third-order valence-electron chi connectivity index (χ3n) is 5.67. The van der Waals surface area contributed by atoms with Gasteiger partial charge in [-0.2, -0.15) is 0 Å². The first-order valence-electron chi connectivity index (χ1n) is 11.3. The maximum absolute atomic E-state index is 12.8. The van der Waals surface area contributed by atoms with Crippen molar-refractivity contribution < 1.29 is 9.53 Å². The number of amides is 1. The van der Waals surface area contributed by atoms with E-state index in [0.717, 1.165) is 60.3 Å². The van der Waals surface area contributed by atoms with Gasteiger partial charge < -0.3 is 9.64 Å². The molecular weight excluding hydrogens is 450 g/mol. The molecule has 174 valence electrons. The number of hydrogen-bond acceptors (Lipinski definition) is 6. The minimum absolute atomic E-state index is 0.218. The summed E-state index contributed by atoms with van der Waals surface area (Å²) in [5.74, 6) is 1.07. The predicted octanol–water partition coefficient (Wildman–Crippen LogP) is 5.21. The highest BCUT2D eigenvalue weighted by atomic mass is 32.2. The Labute approximate surface area is 204 Å². The highest BCUT2D eigenvalue weighted by molar-refractivity contribution is 7.99. The average molecular weight is 482 g/mol. The maximum atomic E-state index is 12.8. The Bertz CT molecular complexity index is 1040. The Morgan fingerprint density at radius 2 is 1.76 bits per heavy atom. The molecule has 7 heteroatoms. The molecule has 0 spiro atoms. The fourth-order valence-electron chi connectivity index (χ4n) is 3.87. The molecule has 3 aromatic rings. The van der Waals surface area contributed by atoms with Crippen LogP contribution in [0, 0.1) is 0 Å². The Kier molecular flexibility index (Phi) is 8.06. The van der Waals surface area contributed by atoms with E-state index >= 15 is 0 Å². The zero-order valence-electron chi connectivity index (χ0n) is 19.5. The molecule has 33 heavy (non-hydrogen) atoms. The van der Waals surface area contributed by atoms with E-state index in [-0.39, 0.29) is 5.91 Å². The van der Waals surface area contributed by atoms with Gasteiger partial charge in [0, 0.05) is 47.3 Å². The third kappa shape index (κ3) is 6.59. The van der Waals surface area contributed by atoms with Crippen LogP contribution in [-0.2, 0) is 17.8 Å². The smallest absolute Gasteiger partial charge is 0.227 e. The van der Waals surface area contributed by atoms with Crippen LogP contribution >= 0.6 is 23.1 Å². The Balaban J connectivity index is 1.25. The second kappa shape index (κ2) is 11.2. The van der Waals surface area contributed by atoms with E-state index in [4.69, 9.17) is 9.72 Å². The molecule has 0 atom stereocenters.